The Hall–Kier alpha value is -2.14. The van der Waals surface area contributed by atoms with Crippen molar-refractivity contribution in [3.8, 4) is 0 Å². The van der Waals surface area contributed by atoms with E-state index in [1.807, 2.05) is 35.3 Å². The van der Waals surface area contributed by atoms with Gasteiger partial charge in [-0.1, -0.05) is 36.8 Å². The van der Waals surface area contributed by atoms with E-state index in [1.165, 1.54) is 12.5 Å². The van der Waals surface area contributed by atoms with Crippen LogP contribution in [0.4, 0.5) is 0 Å². The molecule has 1 aliphatic rings. The number of hydrogen-bond acceptors (Lipinski definition) is 3. The van der Waals surface area contributed by atoms with Crippen LogP contribution >= 0.6 is 0 Å². The minimum atomic E-state index is -0.271. The normalized spacial score (nSPS) is 15.8. The molecule has 0 radical (unpaired) electrons. The first kappa shape index (κ1) is 15.3. The molecule has 0 saturated carbocycles. The van der Waals surface area contributed by atoms with Gasteiger partial charge in [0.25, 0.3) is 5.91 Å². The van der Waals surface area contributed by atoms with E-state index in [2.05, 4.69) is 10.7 Å². The second-order valence-electron chi connectivity index (χ2n) is 5.04. The Labute approximate surface area is 125 Å². The van der Waals surface area contributed by atoms with Gasteiger partial charge in [-0.15, -0.1) is 0 Å². The Balaban J connectivity index is 1.68. The zero-order valence-electron chi connectivity index (χ0n) is 12.0. The molecule has 1 heterocycles. The van der Waals surface area contributed by atoms with Crippen LogP contribution < -0.4 is 10.7 Å². The molecule has 1 saturated heterocycles. The number of nitrogens with zero attached hydrogens (tertiary/aromatic N) is 1. The summed E-state index contributed by atoms with van der Waals surface area (Å²) in [5.41, 5.74) is 3.75. The molecule has 5 nitrogen and oxygen atoms in total. The second-order valence-corrected chi connectivity index (χ2v) is 5.04. The van der Waals surface area contributed by atoms with Crippen molar-refractivity contribution in [3.05, 3.63) is 42.0 Å². The second kappa shape index (κ2) is 8.21. The third-order valence-electron chi connectivity index (χ3n) is 3.29. The molecule has 0 unspecified atom stereocenters. The average Bonchev–Trinajstić information content (AvgIpc) is 2.53. The summed E-state index contributed by atoms with van der Waals surface area (Å²) in [5.74, 6) is -0.453. The number of carbonyl (C=O) groups excluding carboxylic acids is 2. The van der Waals surface area contributed by atoms with Crippen molar-refractivity contribution in [2.24, 2.45) is 0 Å². The summed E-state index contributed by atoms with van der Waals surface area (Å²) in [6.45, 7) is 1.76. The Morgan fingerprint density at radius 3 is 2.52 bits per heavy atom. The van der Waals surface area contributed by atoms with Gasteiger partial charge in [-0.2, -0.15) is 0 Å². The number of nitrogens with one attached hydrogen (secondary N) is 2. The van der Waals surface area contributed by atoms with Crippen molar-refractivity contribution in [1.82, 2.24) is 15.8 Å². The molecule has 0 atom stereocenters. The fourth-order valence-corrected chi connectivity index (χ4v) is 2.18. The molecule has 1 aliphatic heterocycles. The fourth-order valence-electron chi connectivity index (χ4n) is 2.18. The molecule has 0 aromatic heterocycles. The number of rotatable bonds is 5. The Morgan fingerprint density at radius 2 is 1.81 bits per heavy atom. The van der Waals surface area contributed by atoms with Crippen molar-refractivity contribution >= 4 is 17.9 Å². The lowest BCUT2D eigenvalue weighted by molar-refractivity contribution is -0.127. The molecule has 2 amide bonds. The van der Waals surface area contributed by atoms with Crippen LogP contribution in [0.3, 0.4) is 0 Å². The van der Waals surface area contributed by atoms with Crippen molar-refractivity contribution < 1.29 is 9.59 Å². The van der Waals surface area contributed by atoms with Crippen LogP contribution in [0, 0.1) is 0 Å². The average molecular weight is 287 g/mol. The van der Waals surface area contributed by atoms with Gasteiger partial charge in [0.2, 0.25) is 5.91 Å². The summed E-state index contributed by atoms with van der Waals surface area (Å²) in [6, 6.07) is 9.55. The highest BCUT2D eigenvalue weighted by molar-refractivity contribution is 5.94. The highest BCUT2D eigenvalue weighted by Gasteiger charge is 2.12. The van der Waals surface area contributed by atoms with Crippen LogP contribution in [-0.2, 0) is 9.59 Å². The predicted octanol–water partition coefficient (Wildman–Crippen LogP) is 1.33. The van der Waals surface area contributed by atoms with Crippen molar-refractivity contribution in [2.45, 2.75) is 19.3 Å². The molecule has 2 rings (SSSR count). The quantitative estimate of drug-likeness (QED) is 0.803. The van der Waals surface area contributed by atoms with Gasteiger partial charge in [-0.05, 0) is 24.5 Å². The van der Waals surface area contributed by atoms with E-state index in [1.54, 1.807) is 6.08 Å². The molecule has 0 spiro atoms. The SMILES string of the molecule is O=C(/C=C/c1ccccc1)NCC(=O)NN1CCCCC1. The van der Waals surface area contributed by atoms with Crippen molar-refractivity contribution in [2.75, 3.05) is 19.6 Å². The van der Waals surface area contributed by atoms with E-state index in [-0.39, 0.29) is 18.4 Å². The maximum atomic E-state index is 11.7. The van der Waals surface area contributed by atoms with Gasteiger partial charge in [-0.25, -0.2) is 5.01 Å². The summed E-state index contributed by atoms with van der Waals surface area (Å²) in [4.78, 5) is 23.3. The summed E-state index contributed by atoms with van der Waals surface area (Å²) < 4.78 is 0. The Morgan fingerprint density at radius 1 is 1.10 bits per heavy atom. The van der Waals surface area contributed by atoms with Gasteiger partial charge in [0, 0.05) is 19.2 Å². The molecule has 2 N–H and O–H groups in total. The van der Waals surface area contributed by atoms with Crippen molar-refractivity contribution in [1.29, 1.82) is 0 Å². The standard InChI is InChI=1S/C16H21N3O2/c20-15(10-9-14-7-3-1-4-8-14)17-13-16(21)18-19-11-5-2-6-12-19/h1,3-4,7-10H,2,5-6,11-13H2,(H,17,20)(H,18,21)/b10-9+. The summed E-state index contributed by atoms with van der Waals surface area (Å²) in [5, 5.41) is 4.49. The predicted molar refractivity (Wildman–Crippen MR) is 82.1 cm³/mol. The molecule has 0 aliphatic carbocycles. The summed E-state index contributed by atoms with van der Waals surface area (Å²) in [7, 11) is 0. The number of carbonyl (C=O) groups is 2. The van der Waals surface area contributed by atoms with Gasteiger partial charge in [0.1, 0.15) is 0 Å². The number of amides is 2. The lowest BCUT2D eigenvalue weighted by atomic mass is 10.2. The number of hydrazine groups is 1. The van der Waals surface area contributed by atoms with Crippen LogP contribution in [0.1, 0.15) is 24.8 Å². The summed E-state index contributed by atoms with van der Waals surface area (Å²) in [6.07, 6.45) is 6.58. The highest BCUT2D eigenvalue weighted by atomic mass is 16.2. The molecule has 1 fully saturated rings. The van der Waals surface area contributed by atoms with Crippen LogP contribution in [0.2, 0.25) is 0 Å². The first-order chi connectivity index (χ1) is 10.2. The van der Waals surface area contributed by atoms with Gasteiger partial charge in [0.05, 0.1) is 6.54 Å². The number of hydrogen-bond donors (Lipinski definition) is 2. The number of piperidine rings is 1. The molecule has 0 bridgehead atoms. The maximum Gasteiger partial charge on any atom is 0.253 e. The Kier molecular flexibility index (Phi) is 5.97. The molecule has 1 aromatic carbocycles. The first-order valence-corrected chi connectivity index (χ1v) is 7.29. The lowest BCUT2D eigenvalue weighted by Gasteiger charge is -2.26. The lowest BCUT2D eigenvalue weighted by Crippen LogP contribution is -2.48. The van der Waals surface area contributed by atoms with E-state index in [9.17, 15) is 9.59 Å². The van der Waals surface area contributed by atoms with Crippen LogP contribution in [0.15, 0.2) is 36.4 Å². The molecule has 5 heteroatoms. The number of benzene rings is 1. The van der Waals surface area contributed by atoms with Gasteiger partial charge >= 0.3 is 0 Å². The van der Waals surface area contributed by atoms with Crippen LogP contribution in [0.25, 0.3) is 6.08 Å². The summed E-state index contributed by atoms with van der Waals surface area (Å²) >= 11 is 0. The third kappa shape index (κ3) is 5.79. The van der Waals surface area contributed by atoms with E-state index in [0.717, 1.165) is 31.5 Å². The van der Waals surface area contributed by atoms with Gasteiger partial charge in [0.15, 0.2) is 0 Å². The smallest absolute Gasteiger partial charge is 0.253 e. The minimum absolute atomic E-state index is 0.00549. The van der Waals surface area contributed by atoms with Crippen LogP contribution in [-0.4, -0.2) is 36.5 Å². The molecule has 21 heavy (non-hydrogen) atoms. The maximum absolute atomic E-state index is 11.7. The molecule has 1 aromatic rings. The first-order valence-electron chi connectivity index (χ1n) is 7.29. The zero-order chi connectivity index (χ0) is 14.9. The zero-order valence-corrected chi connectivity index (χ0v) is 12.0. The van der Waals surface area contributed by atoms with Gasteiger partial charge < -0.3 is 5.32 Å². The van der Waals surface area contributed by atoms with E-state index >= 15 is 0 Å². The largest absolute Gasteiger partial charge is 0.343 e. The highest BCUT2D eigenvalue weighted by Crippen LogP contribution is 2.05. The molecular weight excluding hydrogens is 266 g/mol. The topological polar surface area (TPSA) is 61.4 Å². The monoisotopic (exact) mass is 287 g/mol. The minimum Gasteiger partial charge on any atom is -0.343 e. The molecular formula is C16H21N3O2. The van der Waals surface area contributed by atoms with E-state index in [0.29, 0.717) is 0 Å². The fraction of sp³-hybridized carbons (Fsp3) is 0.375. The molecule has 112 valence electrons. The van der Waals surface area contributed by atoms with E-state index < -0.39 is 0 Å². The Bertz CT molecular complexity index is 494. The van der Waals surface area contributed by atoms with Crippen molar-refractivity contribution in [3.63, 3.8) is 0 Å². The van der Waals surface area contributed by atoms with Crippen LogP contribution in [0.5, 0.6) is 0 Å². The third-order valence-corrected chi connectivity index (χ3v) is 3.29. The van der Waals surface area contributed by atoms with Gasteiger partial charge in [-0.3, -0.25) is 15.0 Å². The van der Waals surface area contributed by atoms with E-state index in [4.69, 9.17) is 0 Å².